The lowest BCUT2D eigenvalue weighted by molar-refractivity contribution is 0.0921. The summed E-state index contributed by atoms with van der Waals surface area (Å²) in [7, 11) is 0. The summed E-state index contributed by atoms with van der Waals surface area (Å²) >= 11 is 0. The first-order chi connectivity index (χ1) is 12.0. The van der Waals surface area contributed by atoms with Crippen molar-refractivity contribution in [2.45, 2.75) is 13.8 Å². The van der Waals surface area contributed by atoms with Gasteiger partial charge in [0.25, 0.3) is 0 Å². The molecule has 2 aromatic rings. The van der Waals surface area contributed by atoms with E-state index >= 15 is 0 Å². The van der Waals surface area contributed by atoms with Gasteiger partial charge in [-0.3, -0.25) is 9.59 Å². The Morgan fingerprint density at radius 2 is 1.08 bits per heavy atom. The average molecular weight is 334 g/mol. The van der Waals surface area contributed by atoms with Crippen LogP contribution < -0.4 is 0 Å². The van der Waals surface area contributed by atoms with Gasteiger partial charge in [-0.1, -0.05) is 59.7 Å². The van der Waals surface area contributed by atoms with E-state index < -0.39 is 0 Å². The fraction of sp³-hybridized carbons (Fsp3) is 0.238. The van der Waals surface area contributed by atoms with Crippen LogP contribution >= 0.6 is 0 Å². The number of nitrogens with zero attached hydrogens (tertiary/aromatic N) is 2. The van der Waals surface area contributed by atoms with Gasteiger partial charge >= 0.3 is 0 Å². The zero-order valence-corrected chi connectivity index (χ0v) is 14.6. The molecular formula is C21H22N2O2. The van der Waals surface area contributed by atoms with Crippen molar-refractivity contribution in [1.82, 2.24) is 9.80 Å². The molecule has 0 bridgehead atoms. The molecule has 0 unspecified atom stereocenters. The highest BCUT2D eigenvalue weighted by Crippen LogP contribution is 2.12. The van der Waals surface area contributed by atoms with Crippen LogP contribution in [0.1, 0.15) is 31.8 Å². The molecule has 25 heavy (non-hydrogen) atoms. The van der Waals surface area contributed by atoms with Crippen LogP contribution in [0.5, 0.6) is 0 Å². The summed E-state index contributed by atoms with van der Waals surface area (Å²) in [5, 5.41) is 0. The van der Waals surface area contributed by atoms with E-state index in [1.165, 1.54) is 0 Å². The van der Waals surface area contributed by atoms with Gasteiger partial charge in [-0.25, -0.2) is 0 Å². The minimum absolute atomic E-state index is 0.0800. The minimum atomic E-state index is 0.0800. The summed E-state index contributed by atoms with van der Waals surface area (Å²) in [5.41, 5.74) is 3.71. The molecule has 0 fully saturated rings. The van der Waals surface area contributed by atoms with Crippen molar-refractivity contribution in [2.75, 3.05) is 19.8 Å². The van der Waals surface area contributed by atoms with Gasteiger partial charge in [-0.05, 0) is 13.8 Å². The van der Waals surface area contributed by atoms with Crippen LogP contribution in [-0.4, -0.2) is 41.1 Å². The number of carbonyl (C=O) groups excluding carboxylic acids is 2. The lowest BCUT2D eigenvalue weighted by atomic mass is 10.1. The molecule has 1 heterocycles. The van der Waals surface area contributed by atoms with Crippen LogP contribution in [0.2, 0.25) is 0 Å². The van der Waals surface area contributed by atoms with E-state index in [1.54, 1.807) is 0 Å². The molecule has 1 aliphatic rings. The van der Waals surface area contributed by atoms with Gasteiger partial charge in [0, 0.05) is 23.5 Å². The van der Waals surface area contributed by atoms with E-state index in [-0.39, 0.29) is 11.6 Å². The number of carbonyl (C=O) groups is 2. The minimum Gasteiger partial charge on any atom is -0.351 e. The van der Waals surface area contributed by atoms with Crippen molar-refractivity contribution in [2.24, 2.45) is 0 Å². The van der Waals surface area contributed by atoms with Gasteiger partial charge < -0.3 is 9.80 Å². The highest BCUT2D eigenvalue weighted by molar-refractivity contribution is 5.98. The predicted molar refractivity (Wildman–Crippen MR) is 98.4 cm³/mol. The summed E-state index contributed by atoms with van der Waals surface area (Å²) in [4.78, 5) is 28.5. The first-order valence-corrected chi connectivity index (χ1v) is 8.37. The van der Waals surface area contributed by atoms with Crippen LogP contribution in [-0.2, 0) is 0 Å². The van der Waals surface area contributed by atoms with E-state index in [2.05, 4.69) is 0 Å². The summed E-state index contributed by atoms with van der Waals surface area (Å²) in [6, 6.07) is 15.2. The largest absolute Gasteiger partial charge is 0.351 e. The van der Waals surface area contributed by atoms with E-state index in [4.69, 9.17) is 0 Å². The highest BCUT2D eigenvalue weighted by atomic mass is 16.1. The van der Waals surface area contributed by atoms with Crippen LogP contribution in [0.15, 0.2) is 60.9 Å². The maximum Gasteiger partial charge on any atom is 0.182 e. The van der Waals surface area contributed by atoms with Gasteiger partial charge in [0.1, 0.15) is 0 Å². The Bertz CT molecular complexity index is 724. The second-order valence-corrected chi connectivity index (χ2v) is 6.51. The highest BCUT2D eigenvalue weighted by Gasteiger charge is 2.18. The topological polar surface area (TPSA) is 40.6 Å². The molecule has 0 amide bonds. The molecule has 128 valence electrons. The Hall–Kier alpha value is -2.88. The fourth-order valence-corrected chi connectivity index (χ4v) is 2.75. The monoisotopic (exact) mass is 334 g/mol. The molecule has 0 aromatic heterocycles. The molecule has 0 atom stereocenters. The Kier molecular flexibility index (Phi) is 4.98. The smallest absolute Gasteiger partial charge is 0.182 e. The van der Waals surface area contributed by atoms with Crippen molar-refractivity contribution in [3.8, 4) is 0 Å². The van der Waals surface area contributed by atoms with Gasteiger partial charge in [-0.2, -0.15) is 0 Å². The third-order valence-electron chi connectivity index (χ3n) is 4.29. The maximum absolute atomic E-state index is 12.3. The number of rotatable bonds is 6. The fourth-order valence-electron chi connectivity index (χ4n) is 2.75. The third kappa shape index (κ3) is 4.35. The second-order valence-electron chi connectivity index (χ2n) is 6.51. The quantitative estimate of drug-likeness (QED) is 0.759. The molecule has 1 aliphatic heterocycles. The van der Waals surface area contributed by atoms with E-state index in [9.17, 15) is 9.59 Å². The first kappa shape index (κ1) is 17.0. The first-order valence-electron chi connectivity index (χ1n) is 8.37. The van der Waals surface area contributed by atoms with Crippen LogP contribution in [0, 0.1) is 13.8 Å². The lowest BCUT2D eigenvalue weighted by Gasteiger charge is -2.20. The van der Waals surface area contributed by atoms with Crippen molar-refractivity contribution in [3.63, 3.8) is 0 Å². The molecule has 2 aromatic carbocycles. The lowest BCUT2D eigenvalue weighted by Crippen LogP contribution is -2.32. The molecule has 4 heteroatoms. The van der Waals surface area contributed by atoms with Crippen molar-refractivity contribution >= 4 is 11.6 Å². The van der Waals surface area contributed by atoms with E-state index in [0.717, 1.165) is 11.1 Å². The zero-order valence-electron chi connectivity index (χ0n) is 14.6. The Labute approximate surface area is 148 Å². The Balaban J connectivity index is 1.52. The number of benzene rings is 2. The molecule has 0 N–H and O–H groups in total. The van der Waals surface area contributed by atoms with Gasteiger partial charge in [0.15, 0.2) is 11.6 Å². The van der Waals surface area contributed by atoms with Crippen molar-refractivity contribution < 1.29 is 9.59 Å². The number of hydrogen-bond donors (Lipinski definition) is 0. The number of ketones is 2. The SMILES string of the molecule is Cc1ccc(C(=O)CN2C=CN(CC(=O)c3ccc(C)cc3)C2)cc1. The van der Waals surface area contributed by atoms with Gasteiger partial charge in [-0.15, -0.1) is 0 Å². The molecule has 0 saturated carbocycles. The summed E-state index contributed by atoms with van der Waals surface area (Å²) in [6.45, 7) is 5.18. The molecule has 0 radical (unpaired) electrons. The number of hydrogen-bond acceptors (Lipinski definition) is 4. The number of Topliss-reactive ketones (excluding diaryl/α,β-unsaturated/α-hetero) is 2. The Morgan fingerprint density at radius 3 is 1.44 bits per heavy atom. The third-order valence-corrected chi connectivity index (χ3v) is 4.29. The van der Waals surface area contributed by atoms with Gasteiger partial charge in [0.05, 0.1) is 19.8 Å². The summed E-state index contributed by atoms with van der Waals surface area (Å²) in [6.07, 6.45) is 3.74. The molecule has 3 rings (SSSR count). The van der Waals surface area contributed by atoms with Gasteiger partial charge in [0.2, 0.25) is 0 Å². The molecule has 4 nitrogen and oxygen atoms in total. The number of aryl methyl sites for hydroxylation is 2. The van der Waals surface area contributed by atoms with Crippen LogP contribution in [0.3, 0.4) is 0 Å². The van der Waals surface area contributed by atoms with Crippen molar-refractivity contribution in [3.05, 3.63) is 83.2 Å². The molecule has 0 aliphatic carbocycles. The maximum atomic E-state index is 12.3. The van der Waals surface area contributed by atoms with Crippen LogP contribution in [0.25, 0.3) is 0 Å². The Morgan fingerprint density at radius 1 is 0.720 bits per heavy atom. The predicted octanol–water partition coefficient (Wildman–Crippen LogP) is 3.42. The molecule has 0 saturated heterocycles. The summed E-state index contributed by atoms with van der Waals surface area (Å²) in [5.74, 6) is 0.160. The van der Waals surface area contributed by atoms with E-state index in [0.29, 0.717) is 30.9 Å². The molecular weight excluding hydrogens is 312 g/mol. The van der Waals surface area contributed by atoms with Crippen LogP contribution in [0.4, 0.5) is 0 Å². The zero-order chi connectivity index (χ0) is 17.8. The normalized spacial score (nSPS) is 13.4. The second kappa shape index (κ2) is 7.34. The van der Waals surface area contributed by atoms with E-state index in [1.807, 2.05) is 84.6 Å². The summed E-state index contributed by atoms with van der Waals surface area (Å²) < 4.78 is 0. The standard InChI is InChI=1S/C21H22N2O2/c1-16-3-7-18(8-4-16)20(24)13-22-11-12-23(15-22)14-21(25)19-9-5-17(2)6-10-19/h3-12H,13-15H2,1-2H3. The molecule has 0 spiro atoms. The van der Waals surface area contributed by atoms with Crippen molar-refractivity contribution in [1.29, 1.82) is 0 Å². The average Bonchev–Trinajstić information content (AvgIpc) is 3.02.